The number of nitrogens with zero attached hydrogens (tertiary/aromatic N) is 1. The molecule has 0 spiro atoms. The highest BCUT2D eigenvalue weighted by molar-refractivity contribution is 7.80. The zero-order chi connectivity index (χ0) is 21.9. The number of benzene rings is 2. The number of rotatable bonds is 8. The van der Waals surface area contributed by atoms with E-state index in [0.717, 1.165) is 6.42 Å². The minimum Gasteiger partial charge on any atom is -0.494 e. The second-order valence-corrected chi connectivity index (χ2v) is 6.28. The Balaban J connectivity index is 1.72. The van der Waals surface area contributed by atoms with Crippen LogP contribution in [-0.2, 0) is 4.79 Å². The number of carbonyl (C=O) groups is 2. The third-order valence-electron chi connectivity index (χ3n) is 3.55. The number of ether oxygens (including phenoxy) is 2. The topological polar surface area (TPSA) is 132 Å². The van der Waals surface area contributed by atoms with E-state index in [4.69, 9.17) is 21.7 Å². The van der Waals surface area contributed by atoms with Crippen molar-refractivity contribution < 1.29 is 24.0 Å². The summed E-state index contributed by atoms with van der Waals surface area (Å²) in [7, 11) is 0. The van der Waals surface area contributed by atoms with Gasteiger partial charge in [-0.15, -0.1) is 0 Å². The van der Waals surface area contributed by atoms with Crippen molar-refractivity contribution in [2.75, 3.05) is 13.2 Å². The Kier molecular flexibility index (Phi) is 8.51. The predicted molar refractivity (Wildman–Crippen MR) is 112 cm³/mol. The molecule has 0 bridgehead atoms. The van der Waals surface area contributed by atoms with Crippen molar-refractivity contribution in [3.63, 3.8) is 0 Å². The van der Waals surface area contributed by atoms with Crippen molar-refractivity contribution in [3.05, 3.63) is 64.2 Å². The number of hydrazine groups is 1. The third kappa shape index (κ3) is 7.36. The Labute approximate surface area is 177 Å². The molecular formula is C19H20N4O6S. The van der Waals surface area contributed by atoms with Crippen molar-refractivity contribution in [2.24, 2.45) is 0 Å². The van der Waals surface area contributed by atoms with Gasteiger partial charge in [0.2, 0.25) is 0 Å². The van der Waals surface area contributed by atoms with Crippen LogP contribution in [0.15, 0.2) is 48.5 Å². The van der Waals surface area contributed by atoms with E-state index in [1.165, 1.54) is 24.3 Å². The van der Waals surface area contributed by atoms with Crippen LogP contribution in [0.4, 0.5) is 5.69 Å². The Bertz CT molecular complexity index is 902. The van der Waals surface area contributed by atoms with Crippen LogP contribution in [0.3, 0.4) is 0 Å². The Morgan fingerprint density at radius 1 is 1.00 bits per heavy atom. The molecule has 2 rings (SSSR count). The molecule has 0 radical (unpaired) electrons. The van der Waals surface area contributed by atoms with Crippen molar-refractivity contribution in [1.29, 1.82) is 0 Å². The minimum atomic E-state index is -0.567. The number of nitrogens with one attached hydrogen (secondary N) is 3. The zero-order valence-corrected chi connectivity index (χ0v) is 16.9. The van der Waals surface area contributed by atoms with Gasteiger partial charge in [-0.1, -0.05) is 6.92 Å². The lowest BCUT2D eigenvalue weighted by atomic mass is 10.2. The van der Waals surface area contributed by atoms with Crippen LogP contribution in [0.2, 0.25) is 0 Å². The molecule has 0 heterocycles. The van der Waals surface area contributed by atoms with Gasteiger partial charge < -0.3 is 9.47 Å². The number of amides is 2. The summed E-state index contributed by atoms with van der Waals surface area (Å²) >= 11 is 4.96. The molecule has 0 aliphatic carbocycles. The highest BCUT2D eigenvalue weighted by Crippen LogP contribution is 2.17. The number of hydrogen-bond donors (Lipinski definition) is 3. The second-order valence-electron chi connectivity index (χ2n) is 5.87. The van der Waals surface area contributed by atoms with E-state index in [9.17, 15) is 19.7 Å². The van der Waals surface area contributed by atoms with Crippen LogP contribution in [0.1, 0.15) is 23.7 Å². The fourth-order valence-corrected chi connectivity index (χ4v) is 2.25. The maximum atomic E-state index is 12.1. The minimum absolute atomic E-state index is 0.0855. The summed E-state index contributed by atoms with van der Waals surface area (Å²) in [5.41, 5.74) is 4.95. The van der Waals surface area contributed by atoms with Crippen LogP contribution < -0.4 is 25.6 Å². The highest BCUT2D eigenvalue weighted by Gasteiger charge is 2.10. The van der Waals surface area contributed by atoms with E-state index in [-0.39, 0.29) is 23.2 Å². The molecule has 158 valence electrons. The first-order valence-electron chi connectivity index (χ1n) is 8.89. The average molecular weight is 432 g/mol. The number of hydrogen-bond acceptors (Lipinski definition) is 7. The van der Waals surface area contributed by atoms with Gasteiger partial charge >= 0.3 is 0 Å². The fourth-order valence-electron chi connectivity index (χ4n) is 2.10. The van der Waals surface area contributed by atoms with Gasteiger partial charge in [0, 0.05) is 17.7 Å². The largest absolute Gasteiger partial charge is 0.494 e. The SMILES string of the molecule is CCCOc1ccc(C(=O)NC(=S)NNC(=O)COc2ccc([N+](=O)[O-])cc2)cc1. The summed E-state index contributed by atoms with van der Waals surface area (Å²) in [5, 5.41) is 12.9. The molecule has 0 saturated heterocycles. The van der Waals surface area contributed by atoms with E-state index < -0.39 is 16.7 Å². The van der Waals surface area contributed by atoms with E-state index in [1.54, 1.807) is 24.3 Å². The fraction of sp³-hybridized carbons (Fsp3) is 0.211. The van der Waals surface area contributed by atoms with Gasteiger partial charge in [0.05, 0.1) is 11.5 Å². The standard InChI is InChI=1S/C19H20N4O6S/c1-2-11-28-15-7-3-13(4-8-15)18(25)20-19(30)22-21-17(24)12-29-16-9-5-14(6-10-16)23(26)27/h3-10H,2,11-12H2,1H3,(H,21,24)(H2,20,22,25,30). The van der Waals surface area contributed by atoms with Crippen molar-refractivity contribution in [2.45, 2.75) is 13.3 Å². The van der Waals surface area contributed by atoms with Crippen molar-refractivity contribution in [3.8, 4) is 11.5 Å². The van der Waals surface area contributed by atoms with Gasteiger partial charge in [-0.3, -0.25) is 35.9 Å². The van der Waals surface area contributed by atoms with Gasteiger partial charge in [-0.25, -0.2) is 0 Å². The molecule has 0 fully saturated rings. The lowest BCUT2D eigenvalue weighted by Gasteiger charge is -2.11. The number of non-ortho nitro benzene ring substituents is 1. The van der Waals surface area contributed by atoms with E-state index in [1.807, 2.05) is 6.92 Å². The molecule has 2 aromatic carbocycles. The normalized spacial score (nSPS) is 9.90. The monoisotopic (exact) mass is 432 g/mol. The summed E-state index contributed by atoms with van der Waals surface area (Å²) in [5.74, 6) is -0.0688. The van der Waals surface area contributed by atoms with E-state index in [0.29, 0.717) is 17.9 Å². The molecule has 0 aromatic heterocycles. The van der Waals surface area contributed by atoms with Crippen LogP contribution in [0.5, 0.6) is 11.5 Å². The first-order valence-corrected chi connectivity index (χ1v) is 9.30. The molecule has 11 heteroatoms. The van der Waals surface area contributed by atoms with Gasteiger partial charge in [-0.2, -0.15) is 0 Å². The third-order valence-corrected chi connectivity index (χ3v) is 3.75. The second kappa shape index (κ2) is 11.3. The Morgan fingerprint density at radius 2 is 1.60 bits per heavy atom. The molecule has 0 aliphatic heterocycles. The molecule has 0 saturated carbocycles. The molecule has 2 amide bonds. The number of nitro benzene ring substituents is 1. The molecular weight excluding hydrogens is 412 g/mol. The van der Waals surface area contributed by atoms with Gasteiger partial charge in [-0.05, 0) is 55.0 Å². The first-order chi connectivity index (χ1) is 14.4. The maximum Gasteiger partial charge on any atom is 0.276 e. The lowest BCUT2D eigenvalue weighted by Crippen LogP contribution is -2.49. The summed E-state index contributed by atoms with van der Waals surface area (Å²) in [6.45, 7) is 2.23. The number of nitro groups is 1. The molecule has 30 heavy (non-hydrogen) atoms. The van der Waals surface area contributed by atoms with E-state index in [2.05, 4.69) is 16.2 Å². The molecule has 0 aliphatic rings. The summed E-state index contributed by atoms with van der Waals surface area (Å²) in [4.78, 5) is 34.0. The molecule has 3 N–H and O–H groups in total. The average Bonchev–Trinajstić information content (AvgIpc) is 2.75. The van der Waals surface area contributed by atoms with Crippen LogP contribution in [0.25, 0.3) is 0 Å². The van der Waals surface area contributed by atoms with E-state index >= 15 is 0 Å². The number of carbonyl (C=O) groups excluding carboxylic acids is 2. The summed E-state index contributed by atoms with van der Waals surface area (Å²) in [6, 6.07) is 11.8. The van der Waals surface area contributed by atoms with Gasteiger partial charge in [0.25, 0.3) is 17.5 Å². The lowest BCUT2D eigenvalue weighted by molar-refractivity contribution is -0.384. The molecule has 10 nitrogen and oxygen atoms in total. The predicted octanol–water partition coefficient (Wildman–Crippen LogP) is 2.10. The quantitative estimate of drug-likeness (QED) is 0.328. The Morgan fingerprint density at radius 3 is 2.20 bits per heavy atom. The number of thiocarbonyl (C=S) groups is 1. The highest BCUT2D eigenvalue weighted by atomic mass is 32.1. The zero-order valence-electron chi connectivity index (χ0n) is 16.0. The van der Waals surface area contributed by atoms with Crippen molar-refractivity contribution in [1.82, 2.24) is 16.2 Å². The van der Waals surface area contributed by atoms with Crippen LogP contribution >= 0.6 is 12.2 Å². The summed E-state index contributed by atoms with van der Waals surface area (Å²) in [6.07, 6.45) is 0.882. The van der Waals surface area contributed by atoms with Crippen LogP contribution in [-0.4, -0.2) is 35.1 Å². The Hall–Kier alpha value is -3.73. The molecule has 0 atom stereocenters. The molecule has 0 unspecified atom stereocenters. The van der Waals surface area contributed by atoms with Gasteiger partial charge in [0.1, 0.15) is 11.5 Å². The van der Waals surface area contributed by atoms with Gasteiger partial charge in [0.15, 0.2) is 11.7 Å². The molecule has 2 aromatic rings. The smallest absolute Gasteiger partial charge is 0.276 e. The maximum absolute atomic E-state index is 12.1. The summed E-state index contributed by atoms with van der Waals surface area (Å²) < 4.78 is 10.7. The van der Waals surface area contributed by atoms with Crippen molar-refractivity contribution >= 4 is 34.8 Å². The van der Waals surface area contributed by atoms with Crippen LogP contribution in [0, 0.1) is 10.1 Å². The first kappa shape index (κ1) is 22.6.